The summed E-state index contributed by atoms with van der Waals surface area (Å²) < 4.78 is 8.58. The lowest BCUT2D eigenvalue weighted by Crippen LogP contribution is -2.11. The van der Waals surface area contributed by atoms with Crippen LogP contribution in [-0.2, 0) is 12.5 Å². The van der Waals surface area contributed by atoms with Crippen LogP contribution in [0.2, 0.25) is 0 Å². The highest BCUT2D eigenvalue weighted by atomic mass is 16.5. The van der Waals surface area contributed by atoms with Gasteiger partial charge >= 0.3 is 0 Å². The molecule has 6 rings (SSSR count). The Kier molecular flexibility index (Phi) is 5.53. The minimum atomic E-state index is 0.0395. The van der Waals surface area contributed by atoms with Gasteiger partial charge in [-0.05, 0) is 70.3 Å². The zero-order chi connectivity index (χ0) is 25.6. The Balaban J connectivity index is 1.41. The van der Waals surface area contributed by atoms with E-state index in [4.69, 9.17) is 14.7 Å². The molecule has 0 radical (unpaired) electrons. The summed E-state index contributed by atoms with van der Waals surface area (Å²) in [6.07, 6.45) is 1.90. The fourth-order valence-corrected chi connectivity index (χ4v) is 4.84. The maximum Gasteiger partial charge on any atom is 0.140 e. The second-order valence-corrected chi connectivity index (χ2v) is 10.5. The zero-order valence-electron chi connectivity index (χ0n) is 21.6. The van der Waals surface area contributed by atoms with E-state index in [1.54, 1.807) is 0 Å². The molecule has 2 heterocycles. The van der Waals surface area contributed by atoms with E-state index in [0.29, 0.717) is 0 Å². The molecule has 182 valence electrons. The lowest BCUT2D eigenvalue weighted by molar-refractivity contribution is 0.484. The Morgan fingerprint density at radius 2 is 1.57 bits per heavy atom. The second-order valence-electron chi connectivity index (χ2n) is 10.5. The lowest BCUT2D eigenvalue weighted by atomic mass is 9.86. The van der Waals surface area contributed by atoms with Gasteiger partial charge in [0.1, 0.15) is 17.3 Å². The molecule has 0 aliphatic rings. The number of para-hydroxylation sites is 2. The largest absolute Gasteiger partial charge is 0.457 e. The normalized spacial score (nSPS) is 11.8. The highest BCUT2D eigenvalue weighted by Gasteiger charge is 2.17. The summed E-state index contributed by atoms with van der Waals surface area (Å²) in [6.45, 7) is 6.67. The Morgan fingerprint density at radius 1 is 0.757 bits per heavy atom. The number of imidazole rings is 1. The number of hydrogen-bond acceptors (Lipinski definition) is 3. The maximum atomic E-state index is 6.46. The third kappa shape index (κ3) is 4.36. The minimum absolute atomic E-state index is 0.0395. The van der Waals surface area contributed by atoms with E-state index in [2.05, 4.69) is 92.1 Å². The van der Waals surface area contributed by atoms with Crippen molar-refractivity contribution in [3.63, 3.8) is 0 Å². The van der Waals surface area contributed by atoms with Crippen molar-refractivity contribution in [2.75, 3.05) is 0 Å². The number of aryl methyl sites for hydroxylation is 1. The first-order valence-corrected chi connectivity index (χ1v) is 12.6. The highest BCUT2D eigenvalue weighted by molar-refractivity contribution is 5.97. The smallest absolute Gasteiger partial charge is 0.140 e. The van der Waals surface area contributed by atoms with Gasteiger partial charge in [0.15, 0.2) is 0 Å². The van der Waals surface area contributed by atoms with Crippen LogP contribution in [0.1, 0.15) is 26.3 Å². The molecule has 0 unspecified atom stereocenters. The van der Waals surface area contributed by atoms with Gasteiger partial charge < -0.3 is 9.30 Å². The summed E-state index contributed by atoms with van der Waals surface area (Å²) >= 11 is 0. The van der Waals surface area contributed by atoms with Crippen molar-refractivity contribution in [3.05, 3.63) is 109 Å². The van der Waals surface area contributed by atoms with Gasteiger partial charge in [0.05, 0.1) is 16.7 Å². The third-order valence-corrected chi connectivity index (χ3v) is 6.85. The van der Waals surface area contributed by atoms with E-state index in [0.717, 1.165) is 56.0 Å². The first kappa shape index (κ1) is 23.0. The summed E-state index contributed by atoms with van der Waals surface area (Å²) in [5, 5.41) is 2.27. The monoisotopic (exact) mass is 483 g/mol. The highest BCUT2D eigenvalue weighted by Crippen LogP contribution is 2.36. The van der Waals surface area contributed by atoms with Crippen LogP contribution in [0.4, 0.5) is 0 Å². The van der Waals surface area contributed by atoms with Gasteiger partial charge in [-0.25, -0.2) is 4.98 Å². The molecule has 0 N–H and O–H groups in total. The zero-order valence-corrected chi connectivity index (χ0v) is 21.6. The van der Waals surface area contributed by atoms with E-state index in [1.165, 1.54) is 5.56 Å². The van der Waals surface area contributed by atoms with Gasteiger partial charge in [0.25, 0.3) is 0 Å². The second kappa shape index (κ2) is 8.90. The van der Waals surface area contributed by atoms with Crippen molar-refractivity contribution >= 4 is 21.8 Å². The minimum Gasteiger partial charge on any atom is -0.457 e. The molecule has 4 nitrogen and oxygen atoms in total. The average Bonchev–Trinajstić information content (AvgIpc) is 3.24. The van der Waals surface area contributed by atoms with Crippen molar-refractivity contribution in [1.29, 1.82) is 0 Å². The molecule has 0 amide bonds. The van der Waals surface area contributed by atoms with Gasteiger partial charge in [0.2, 0.25) is 0 Å². The Bertz CT molecular complexity index is 1760. The van der Waals surface area contributed by atoms with Crippen molar-refractivity contribution in [1.82, 2.24) is 14.5 Å². The van der Waals surface area contributed by atoms with Crippen molar-refractivity contribution in [2.45, 2.75) is 26.2 Å². The molecule has 2 aromatic heterocycles. The van der Waals surface area contributed by atoms with Gasteiger partial charge in [-0.1, -0.05) is 69.3 Å². The summed E-state index contributed by atoms with van der Waals surface area (Å²) in [6, 6.07) is 33.2. The van der Waals surface area contributed by atoms with Gasteiger partial charge in [-0.2, -0.15) is 0 Å². The molecule has 37 heavy (non-hydrogen) atoms. The molecule has 4 aromatic carbocycles. The molecule has 4 heteroatoms. The topological polar surface area (TPSA) is 39.9 Å². The Labute approximate surface area is 217 Å². The third-order valence-electron chi connectivity index (χ3n) is 6.85. The molecule has 0 aliphatic carbocycles. The van der Waals surface area contributed by atoms with Gasteiger partial charge in [0, 0.05) is 24.4 Å². The van der Waals surface area contributed by atoms with Gasteiger partial charge in [-0.15, -0.1) is 0 Å². The predicted octanol–water partition coefficient (Wildman–Crippen LogP) is 8.55. The Morgan fingerprint density at radius 3 is 2.41 bits per heavy atom. The van der Waals surface area contributed by atoms with Crippen molar-refractivity contribution in [3.8, 4) is 34.1 Å². The summed E-state index contributed by atoms with van der Waals surface area (Å²) in [5.74, 6) is 2.45. The first-order chi connectivity index (χ1) is 17.9. The number of benzene rings is 4. The first-order valence-electron chi connectivity index (χ1n) is 12.6. The number of ether oxygens (including phenoxy) is 1. The summed E-state index contributed by atoms with van der Waals surface area (Å²) in [4.78, 5) is 9.59. The van der Waals surface area contributed by atoms with E-state index in [9.17, 15) is 0 Å². The molecule has 6 aromatic rings. The molecule has 0 fully saturated rings. The van der Waals surface area contributed by atoms with Crippen LogP contribution in [0.15, 0.2) is 103 Å². The number of hydrogen-bond donors (Lipinski definition) is 0. The molecule has 0 saturated heterocycles. The number of pyridine rings is 1. The molecule has 0 saturated carbocycles. The molecule has 0 atom stereocenters. The SMILES string of the molecule is Cn1c(-c2cccc(Oc3cc(-c4cc(C(C)(C)C)ccn4)c4ccccc4c3)c2)nc2ccccc21. The van der Waals surface area contributed by atoms with E-state index in [1.807, 2.05) is 43.6 Å². The van der Waals surface area contributed by atoms with Crippen LogP contribution in [0, 0.1) is 0 Å². The van der Waals surface area contributed by atoms with E-state index < -0.39 is 0 Å². The summed E-state index contributed by atoms with van der Waals surface area (Å²) in [7, 11) is 2.05. The van der Waals surface area contributed by atoms with Crippen LogP contribution in [0.5, 0.6) is 11.5 Å². The molecular formula is C33H29N3O. The maximum absolute atomic E-state index is 6.46. The Hall–Kier alpha value is -4.44. The molecule has 0 spiro atoms. The van der Waals surface area contributed by atoms with Crippen molar-refractivity contribution in [2.24, 2.45) is 7.05 Å². The summed E-state index contributed by atoms with van der Waals surface area (Å²) in [5.41, 5.74) is 6.40. The van der Waals surface area contributed by atoms with Crippen molar-refractivity contribution < 1.29 is 4.74 Å². The fourth-order valence-electron chi connectivity index (χ4n) is 4.84. The molecule has 0 bridgehead atoms. The molecular weight excluding hydrogens is 454 g/mol. The van der Waals surface area contributed by atoms with Crippen LogP contribution in [-0.4, -0.2) is 14.5 Å². The van der Waals surface area contributed by atoms with E-state index >= 15 is 0 Å². The quantitative estimate of drug-likeness (QED) is 0.252. The van der Waals surface area contributed by atoms with E-state index in [-0.39, 0.29) is 5.41 Å². The van der Waals surface area contributed by atoms with Crippen LogP contribution in [0.3, 0.4) is 0 Å². The van der Waals surface area contributed by atoms with Crippen LogP contribution in [0.25, 0.3) is 44.5 Å². The van der Waals surface area contributed by atoms with Crippen LogP contribution >= 0.6 is 0 Å². The van der Waals surface area contributed by atoms with Gasteiger partial charge in [-0.3, -0.25) is 4.98 Å². The molecule has 0 aliphatic heterocycles. The number of rotatable bonds is 4. The predicted molar refractivity (Wildman–Crippen MR) is 152 cm³/mol. The number of aromatic nitrogens is 3. The average molecular weight is 484 g/mol. The fraction of sp³-hybridized carbons (Fsp3) is 0.152. The number of nitrogens with zero attached hydrogens (tertiary/aromatic N) is 3. The lowest BCUT2D eigenvalue weighted by Gasteiger charge is -2.20. The van der Waals surface area contributed by atoms with Crippen LogP contribution < -0.4 is 4.74 Å². The standard InChI is InChI=1S/C33H29N3O/c1-33(2,3)24-16-17-34-30(20-24)28-21-26(18-22-10-5-6-13-27(22)28)37-25-12-9-11-23(19-25)32-35-29-14-7-8-15-31(29)36(32)4/h5-21H,1-4H3. The number of fused-ring (bicyclic) bond motifs is 2.